The number of ether oxygens (including phenoxy) is 1. The Morgan fingerprint density at radius 1 is 0.631 bits per heavy atom. The number of aryl methyl sites for hydroxylation is 1. The molecule has 8 rings (SSSR count). The minimum absolute atomic E-state index is 0.0247. The number of piperidine rings is 1. The molecule has 574 valence electrons. The first-order valence-electron chi connectivity index (χ1n) is 37.9. The zero-order chi connectivity index (χ0) is 75.5. The van der Waals surface area contributed by atoms with Crippen molar-refractivity contribution >= 4 is 70.9 Å². The molecule has 3 aliphatic carbocycles. The molecular formula is C75H115F3N12O13. The monoisotopic (exact) mass is 1450 g/mol. The third-order valence-corrected chi connectivity index (χ3v) is 23.6. The van der Waals surface area contributed by atoms with Crippen molar-refractivity contribution in [3.8, 4) is 5.75 Å². The summed E-state index contributed by atoms with van der Waals surface area (Å²) < 4.78 is 47.4. The number of rotatable bonds is 12. The summed E-state index contributed by atoms with van der Waals surface area (Å²) in [7, 11) is 9.88. The molecule has 0 bridgehead atoms. The molecule has 25 nitrogen and oxygen atoms in total. The maximum Gasteiger partial charge on any atom is 0.419 e. The first-order valence-corrected chi connectivity index (χ1v) is 37.9. The number of halogens is 3. The first-order chi connectivity index (χ1) is 48.7. The van der Waals surface area contributed by atoms with Crippen molar-refractivity contribution in [2.45, 2.75) is 261 Å². The summed E-state index contributed by atoms with van der Waals surface area (Å²) in [5.74, 6) is -8.87. The number of carbonyl (C=O) groups excluding carboxylic acids is 12. The Kier molecular flexibility index (Phi) is 28.0. The van der Waals surface area contributed by atoms with Gasteiger partial charge in [-0.1, -0.05) is 98.0 Å². The van der Waals surface area contributed by atoms with Gasteiger partial charge in [0.25, 0.3) is 0 Å². The highest BCUT2D eigenvalue weighted by molar-refractivity contribution is 6.01. The highest BCUT2D eigenvalue weighted by Crippen LogP contribution is 2.40. The van der Waals surface area contributed by atoms with Crippen LogP contribution in [0.25, 0.3) is 0 Å². The number of hydrogen-bond acceptors (Lipinski definition) is 13. The summed E-state index contributed by atoms with van der Waals surface area (Å²) in [6.45, 7) is 9.26. The number of hydrogen-bond donors (Lipinski definition) is 3. The van der Waals surface area contributed by atoms with Crippen molar-refractivity contribution in [3.05, 3.63) is 29.3 Å². The van der Waals surface area contributed by atoms with E-state index in [9.17, 15) is 32.3 Å². The minimum atomic E-state index is -4.75. The molecule has 1 spiro atoms. The van der Waals surface area contributed by atoms with Crippen LogP contribution in [0.3, 0.4) is 0 Å². The molecule has 28 heteroatoms. The van der Waals surface area contributed by atoms with E-state index in [1.54, 1.807) is 11.8 Å². The van der Waals surface area contributed by atoms with Crippen LogP contribution in [0.2, 0.25) is 0 Å². The highest BCUT2D eigenvalue weighted by Gasteiger charge is 2.52. The molecule has 0 aromatic heterocycles. The van der Waals surface area contributed by atoms with E-state index in [1.165, 1.54) is 95.6 Å². The van der Waals surface area contributed by atoms with Gasteiger partial charge in [-0.15, -0.1) is 0 Å². The fourth-order valence-electron chi connectivity index (χ4n) is 16.8. The fraction of sp³-hybridized carbons (Fsp3) is 0.760. The molecule has 10 atom stereocenters. The van der Waals surface area contributed by atoms with E-state index >= 15 is 38.4 Å². The largest absolute Gasteiger partial charge is 0.496 e. The quantitative estimate of drug-likeness (QED) is 0.220. The van der Waals surface area contributed by atoms with Crippen molar-refractivity contribution in [3.63, 3.8) is 0 Å². The number of likely N-dealkylation sites (N-methyl/N-ethyl adjacent to an activating group) is 6. The van der Waals surface area contributed by atoms with Crippen LogP contribution in [-0.4, -0.2) is 257 Å². The molecule has 1 unspecified atom stereocenters. The lowest BCUT2D eigenvalue weighted by atomic mass is 9.84. The van der Waals surface area contributed by atoms with Crippen LogP contribution in [0.4, 0.5) is 13.2 Å². The Morgan fingerprint density at radius 2 is 1.26 bits per heavy atom. The second-order valence-electron chi connectivity index (χ2n) is 31.0. The highest BCUT2D eigenvalue weighted by atomic mass is 19.4. The van der Waals surface area contributed by atoms with E-state index < -0.39 is 173 Å². The number of methoxy groups -OCH3 is 1. The second kappa shape index (κ2) is 35.5. The molecule has 3 N–H and O–H groups in total. The second-order valence-corrected chi connectivity index (χ2v) is 31.0. The van der Waals surface area contributed by atoms with E-state index in [4.69, 9.17) is 4.74 Å². The SMILES string of the molecule is CC[C@H](C)[C@@H]1NC(=O)C(CC(C)C)N(C)C(=O)C[C@@H](C(=O)N2CCCCC2)N(C)C(=O)[C@H](C2CCCC2)N(C)C(=O)C2(CCCC2)NC(=O)[C@@H]2CCCN2C(=O)[C@H](CCc2ccc(C(F)(F)F)c(OC)c2)NC(=O)CN(C)C(=O)[C@H](CC2CCCCC2)N(C)C(=O)[C@@H]2CCN2C(=O)[C@H](C)N(C)C1=O. The number of nitrogens with one attached hydrogen (secondary N) is 3. The summed E-state index contributed by atoms with van der Waals surface area (Å²) in [6.07, 6.45) is 6.59. The molecule has 103 heavy (non-hydrogen) atoms. The fourth-order valence-corrected chi connectivity index (χ4v) is 16.8. The van der Waals surface area contributed by atoms with Gasteiger partial charge in [-0.05, 0) is 138 Å². The van der Waals surface area contributed by atoms with Gasteiger partial charge in [-0.2, -0.15) is 13.2 Å². The average Bonchev–Trinajstić information content (AvgIpc) is 1.64. The van der Waals surface area contributed by atoms with Crippen molar-refractivity contribution in [1.29, 1.82) is 0 Å². The molecule has 4 aliphatic heterocycles. The Balaban J connectivity index is 1.18. The maximum absolute atomic E-state index is 15.8. The van der Waals surface area contributed by atoms with E-state index in [-0.39, 0.29) is 76.3 Å². The molecule has 12 amide bonds. The Labute approximate surface area is 606 Å². The van der Waals surface area contributed by atoms with Crippen LogP contribution in [0, 0.1) is 23.7 Å². The summed E-state index contributed by atoms with van der Waals surface area (Å²) in [4.78, 5) is 193. The molecule has 0 radical (unpaired) electrons. The molecule has 7 fully saturated rings. The lowest BCUT2D eigenvalue weighted by molar-refractivity contribution is -0.160. The predicted molar refractivity (Wildman–Crippen MR) is 378 cm³/mol. The normalized spacial score (nSPS) is 28.2. The molecule has 4 heterocycles. The van der Waals surface area contributed by atoms with Crippen LogP contribution in [0.15, 0.2) is 18.2 Å². The summed E-state index contributed by atoms with van der Waals surface area (Å²) in [5, 5.41) is 8.85. The summed E-state index contributed by atoms with van der Waals surface area (Å²) >= 11 is 0. The lowest BCUT2D eigenvalue weighted by Gasteiger charge is -2.45. The lowest BCUT2D eigenvalue weighted by Crippen LogP contribution is -2.65. The maximum atomic E-state index is 15.8. The van der Waals surface area contributed by atoms with E-state index in [0.717, 1.165) is 69.4 Å². The molecule has 7 aliphatic rings. The molecule has 1 aromatic rings. The number of amides is 12. The Hall–Kier alpha value is -7.55. The number of alkyl halides is 3. The van der Waals surface area contributed by atoms with Crippen molar-refractivity contribution in [2.75, 3.05) is 82.1 Å². The van der Waals surface area contributed by atoms with Gasteiger partial charge >= 0.3 is 6.18 Å². The molecule has 1 aromatic carbocycles. The third kappa shape index (κ3) is 18.9. The smallest absolute Gasteiger partial charge is 0.419 e. The van der Waals surface area contributed by atoms with E-state index in [2.05, 4.69) is 16.0 Å². The van der Waals surface area contributed by atoms with Gasteiger partial charge in [0, 0.05) is 68.5 Å². The van der Waals surface area contributed by atoms with Gasteiger partial charge in [0.05, 0.1) is 25.6 Å². The van der Waals surface area contributed by atoms with E-state index in [0.29, 0.717) is 70.0 Å². The number of likely N-dealkylation sites (tertiary alicyclic amines) is 1. The number of nitrogens with zero attached hydrogens (tertiary/aromatic N) is 9. The average molecular weight is 1450 g/mol. The molecule has 3 saturated carbocycles. The van der Waals surface area contributed by atoms with Crippen LogP contribution in [0.1, 0.15) is 200 Å². The van der Waals surface area contributed by atoms with Gasteiger partial charge in [-0.3, -0.25) is 57.5 Å². The predicted octanol–water partition coefficient (Wildman–Crippen LogP) is 5.92. The van der Waals surface area contributed by atoms with Gasteiger partial charge in [0.15, 0.2) is 0 Å². The van der Waals surface area contributed by atoms with Crippen molar-refractivity contribution in [1.82, 2.24) is 60.0 Å². The topological polar surface area (TPSA) is 279 Å². The Morgan fingerprint density at radius 3 is 1.86 bits per heavy atom. The molecular weight excluding hydrogens is 1330 g/mol. The van der Waals surface area contributed by atoms with Crippen molar-refractivity contribution < 1.29 is 75.4 Å². The zero-order valence-electron chi connectivity index (χ0n) is 62.9. The third-order valence-electron chi connectivity index (χ3n) is 23.6. The minimum Gasteiger partial charge on any atom is -0.496 e. The Bertz CT molecular complexity index is 3240. The van der Waals surface area contributed by atoms with Crippen LogP contribution in [-0.2, 0) is 70.1 Å². The zero-order valence-corrected chi connectivity index (χ0v) is 62.9. The van der Waals surface area contributed by atoms with Crippen molar-refractivity contribution in [2.24, 2.45) is 23.7 Å². The van der Waals surface area contributed by atoms with Gasteiger partial charge < -0.3 is 64.8 Å². The van der Waals surface area contributed by atoms with Gasteiger partial charge in [0.1, 0.15) is 65.7 Å². The van der Waals surface area contributed by atoms with Gasteiger partial charge in [-0.25, -0.2) is 0 Å². The standard InChI is InChI=1S/C75H115F3N12O13/c1-13-47(4)62-71(100)83(7)48(5)66(95)90-40-34-55(90)69(98)85(9)57(42-49-25-16-14-17-26-49)68(97)82(6)45-60(91)79-53(33-31-50-30-32-52(75(76,77)78)59(43-50)103-12)67(96)89-39-24-29-54(89)65(94)81-74(35-20-21-36-74)73(102)87(11)63(51-27-18-19-28-51)72(101)86(10)58(70(99)88-37-22-15-23-38-88)44-61(92)84(8)56(41-46(2)3)64(93)80-62/h30,32,43,46-49,51,53-58,62-63H,13-29,31,33-42,44-45H2,1-12H3,(H,79,91)(H,80,93)(H,81,94)/t47-,48-,53-,54-,55-,56?,57-,58-,62-,63-/m0/s1. The van der Waals surface area contributed by atoms with Crippen LogP contribution >= 0.6 is 0 Å². The van der Waals surface area contributed by atoms with E-state index in [1.807, 2.05) is 20.8 Å². The number of fused-ring (bicyclic) bond motifs is 2. The number of benzene rings is 1. The summed E-state index contributed by atoms with van der Waals surface area (Å²) in [6, 6.07) is -7.54. The molecule has 4 saturated heterocycles. The first kappa shape index (κ1) is 81.1. The number of carbonyl (C=O) groups is 12. The summed E-state index contributed by atoms with van der Waals surface area (Å²) in [5.41, 5.74) is -2.25. The van der Waals surface area contributed by atoms with Gasteiger partial charge in [0.2, 0.25) is 70.9 Å². The van der Waals surface area contributed by atoms with Crippen LogP contribution in [0.5, 0.6) is 5.75 Å². The van der Waals surface area contributed by atoms with Crippen LogP contribution < -0.4 is 20.7 Å².